The Morgan fingerprint density at radius 3 is 2.94 bits per heavy atom. The fraction of sp³-hybridized carbons (Fsp3) is 0.286. The quantitative estimate of drug-likeness (QED) is 0.776. The Hall–Kier alpha value is -2.10. The molecule has 0 spiro atoms. The lowest BCUT2D eigenvalue weighted by Crippen LogP contribution is -2.24. The third kappa shape index (κ3) is 2.01. The molecule has 0 N–H and O–H groups in total. The van der Waals surface area contributed by atoms with E-state index < -0.39 is 0 Å². The maximum atomic E-state index is 12.3. The summed E-state index contributed by atoms with van der Waals surface area (Å²) < 4.78 is 6.88. The number of pyridine rings is 2. The first-order valence-electron chi connectivity index (χ1n) is 5.99. The molecular formula is C14H16N2O2. The van der Waals surface area contributed by atoms with Gasteiger partial charge in [0.1, 0.15) is 0 Å². The third-order valence-corrected chi connectivity index (χ3v) is 2.82. The van der Waals surface area contributed by atoms with Crippen LogP contribution in [-0.4, -0.2) is 16.2 Å². The van der Waals surface area contributed by atoms with Crippen molar-refractivity contribution < 1.29 is 4.74 Å². The van der Waals surface area contributed by atoms with Gasteiger partial charge in [0.25, 0.3) is 5.56 Å². The highest BCUT2D eigenvalue weighted by Crippen LogP contribution is 2.16. The normalized spacial score (nSPS) is 10.6. The Kier molecular flexibility index (Phi) is 3.46. The third-order valence-electron chi connectivity index (χ3n) is 2.82. The zero-order chi connectivity index (χ0) is 13.1. The Bertz CT molecular complexity index is 644. The molecule has 0 atom stereocenters. The van der Waals surface area contributed by atoms with Crippen molar-refractivity contribution in [2.24, 2.45) is 0 Å². The molecule has 0 saturated heterocycles. The number of fused-ring (bicyclic) bond motifs is 1. The van der Waals surface area contributed by atoms with E-state index in [1.807, 2.05) is 19.9 Å². The van der Waals surface area contributed by atoms with Gasteiger partial charge in [-0.1, -0.05) is 6.92 Å². The SMILES string of the molecule is C=C(OCC)n1c(=O)c(CC)cc2cnccc21. The molecule has 4 heteroatoms. The lowest BCUT2D eigenvalue weighted by atomic mass is 10.1. The minimum absolute atomic E-state index is 0.0744. The minimum Gasteiger partial charge on any atom is -0.479 e. The van der Waals surface area contributed by atoms with Gasteiger partial charge < -0.3 is 4.74 Å². The van der Waals surface area contributed by atoms with Crippen LogP contribution >= 0.6 is 0 Å². The number of ether oxygens (including phenoxy) is 1. The van der Waals surface area contributed by atoms with Gasteiger partial charge in [0.2, 0.25) is 0 Å². The van der Waals surface area contributed by atoms with E-state index in [-0.39, 0.29) is 5.56 Å². The number of aryl methyl sites for hydroxylation is 1. The van der Waals surface area contributed by atoms with E-state index in [2.05, 4.69) is 11.6 Å². The summed E-state index contributed by atoms with van der Waals surface area (Å²) in [4.78, 5) is 16.4. The molecule has 2 aromatic rings. The van der Waals surface area contributed by atoms with Gasteiger partial charge in [0, 0.05) is 23.3 Å². The lowest BCUT2D eigenvalue weighted by molar-refractivity contribution is 0.278. The summed E-state index contributed by atoms with van der Waals surface area (Å²) in [5, 5.41) is 0.912. The highest BCUT2D eigenvalue weighted by Gasteiger charge is 2.11. The first kappa shape index (κ1) is 12.4. The van der Waals surface area contributed by atoms with Crippen molar-refractivity contribution in [3.8, 4) is 0 Å². The van der Waals surface area contributed by atoms with Crippen LogP contribution in [0, 0.1) is 0 Å². The molecule has 0 aliphatic carbocycles. The second-order valence-corrected chi connectivity index (χ2v) is 3.92. The van der Waals surface area contributed by atoms with Crippen LogP contribution < -0.4 is 5.56 Å². The average Bonchev–Trinajstić information content (AvgIpc) is 2.38. The van der Waals surface area contributed by atoms with Crippen LogP contribution in [0.15, 0.2) is 35.9 Å². The highest BCUT2D eigenvalue weighted by atomic mass is 16.5. The minimum atomic E-state index is -0.0744. The molecule has 0 aliphatic rings. The largest absolute Gasteiger partial charge is 0.479 e. The Balaban J connectivity index is 2.78. The lowest BCUT2D eigenvalue weighted by Gasteiger charge is -2.14. The summed E-state index contributed by atoms with van der Waals surface area (Å²) in [5.74, 6) is 0.356. The molecule has 0 unspecified atom stereocenters. The average molecular weight is 244 g/mol. The molecule has 2 rings (SSSR count). The Labute approximate surface area is 106 Å². The molecule has 2 heterocycles. The first-order valence-corrected chi connectivity index (χ1v) is 5.99. The van der Waals surface area contributed by atoms with E-state index in [4.69, 9.17) is 4.74 Å². The second kappa shape index (κ2) is 5.04. The number of hydrogen-bond donors (Lipinski definition) is 0. The van der Waals surface area contributed by atoms with Crippen LogP contribution in [0.5, 0.6) is 0 Å². The zero-order valence-corrected chi connectivity index (χ0v) is 10.6. The zero-order valence-electron chi connectivity index (χ0n) is 10.6. The molecule has 4 nitrogen and oxygen atoms in total. The van der Waals surface area contributed by atoms with Gasteiger partial charge in [0.05, 0.1) is 12.1 Å². The molecule has 0 amide bonds. The smallest absolute Gasteiger partial charge is 0.261 e. The number of hydrogen-bond acceptors (Lipinski definition) is 3. The van der Waals surface area contributed by atoms with Crippen molar-refractivity contribution in [2.45, 2.75) is 20.3 Å². The summed E-state index contributed by atoms with van der Waals surface area (Å²) >= 11 is 0. The van der Waals surface area contributed by atoms with E-state index in [0.29, 0.717) is 18.9 Å². The predicted molar refractivity (Wildman–Crippen MR) is 72.3 cm³/mol. The fourth-order valence-electron chi connectivity index (χ4n) is 1.95. The molecule has 0 radical (unpaired) electrons. The predicted octanol–water partition coefficient (Wildman–Crippen LogP) is 2.42. The molecule has 0 aromatic carbocycles. The highest BCUT2D eigenvalue weighted by molar-refractivity contribution is 5.81. The Morgan fingerprint density at radius 2 is 2.28 bits per heavy atom. The number of nitrogens with zero attached hydrogens (tertiary/aromatic N) is 2. The molecule has 0 aliphatic heterocycles. The van der Waals surface area contributed by atoms with Crippen LogP contribution in [-0.2, 0) is 11.2 Å². The van der Waals surface area contributed by atoms with Gasteiger partial charge in [-0.05, 0) is 32.1 Å². The van der Waals surface area contributed by atoms with E-state index in [0.717, 1.165) is 16.5 Å². The van der Waals surface area contributed by atoms with Crippen molar-refractivity contribution in [1.82, 2.24) is 9.55 Å². The summed E-state index contributed by atoms with van der Waals surface area (Å²) in [5.41, 5.74) is 1.43. The molecule has 0 saturated carbocycles. The molecule has 0 fully saturated rings. The van der Waals surface area contributed by atoms with Crippen LogP contribution in [0.25, 0.3) is 16.8 Å². The van der Waals surface area contributed by atoms with Crippen LogP contribution in [0.3, 0.4) is 0 Å². The molecule has 0 bridgehead atoms. The topological polar surface area (TPSA) is 44.1 Å². The van der Waals surface area contributed by atoms with Gasteiger partial charge in [-0.15, -0.1) is 0 Å². The van der Waals surface area contributed by atoms with Crippen molar-refractivity contribution >= 4 is 16.8 Å². The van der Waals surface area contributed by atoms with Crippen molar-refractivity contribution in [3.63, 3.8) is 0 Å². The maximum absolute atomic E-state index is 12.3. The van der Waals surface area contributed by atoms with Crippen molar-refractivity contribution in [2.75, 3.05) is 6.61 Å². The molecule has 18 heavy (non-hydrogen) atoms. The summed E-state index contributed by atoms with van der Waals surface area (Å²) in [6, 6.07) is 3.67. The summed E-state index contributed by atoms with van der Waals surface area (Å²) in [6.45, 7) is 8.12. The Morgan fingerprint density at radius 1 is 1.50 bits per heavy atom. The van der Waals surface area contributed by atoms with E-state index in [1.54, 1.807) is 18.5 Å². The standard InChI is InChI=1S/C14H16N2O2/c1-4-11-8-12-9-15-7-6-13(12)16(14(11)17)10(3)18-5-2/h6-9H,3-5H2,1-2H3. The maximum Gasteiger partial charge on any atom is 0.261 e. The van der Waals surface area contributed by atoms with Crippen LogP contribution in [0.1, 0.15) is 19.4 Å². The second-order valence-electron chi connectivity index (χ2n) is 3.92. The van der Waals surface area contributed by atoms with Gasteiger partial charge in [-0.2, -0.15) is 0 Å². The monoisotopic (exact) mass is 244 g/mol. The first-order chi connectivity index (χ1) is 8.69. The summed E-state index contributed by atoms with van der Waals surface area (Å²) in [7, 11) is 0. The molecular weight excluding hydrogens is 228 g/mol. The fourth-order valence-corrected chi connectivity index (χ4v) is 1.95. The van der Waals surface area contributed by atoms with Gasteiger partial charge >= 0.3 is 0 Å². The van der Waals surface area contributed by atoms with Gasteiger partial charge in [-0.25, -0.2) is 4.57 Å². The van der Waals surface area contributed by atoms with Crippen molar-refractivity contribution in [1.29, 1.82) is 0 Å². The number of aromatic nitrogens is 2. The van der Waals surface area contributed by atoms with E-state index >= 15 is 0 Å². The van der Waals surface area contributed by atoms with Gasteiger partial charge in [-0.3, -0.25) is 9.78 Å². The molecule has 94 valence electrons. The summed E-state index contributed by atoms with van der Waals surface area (Å²) in [6.07, 6.45) is 4.07. The van der Waals surface area contributed by atoms with Gasteiger partial charge in [0.15, 0.2) is 5.88 Å². The van der Waals surface area contributed by atoms with Crippen molar-refractivity contribution in [3.05, 3.63) is 47.0 Å². The van der Waals surface area contributed by atoms with Crippen LogP contribution in [0.4, 0.5) is 0 Å². The number of rotatable bonds is 4. The van der Waals surface area contributed by atoms with E-state index in [9.17, 15) is 4.79 Å². The van der Waals surface area contributed by atoms with Crippen LogP contribution in [0.2, 0.25) is 0 Å². The van der Waals surface area contributed by atoms with E-state index in [1.165, 1.54) is 4.57 Å². The molecule has 2 aromatic heterocycles.